The fraction of sp³-hybridized carbons (Fsp3) is 0.273. The summed E-state index contributed by atoms with van der Waals surface area (Å²) >= 11 is 0. The molecular formula is C22H21NO3. The number of nitrogens with zero attached hydrogens (tertiary/aromatic N) is 1. The van der Waals surface area contributed by atoms with E-state index in [1.807, 2.05) is 50.3 Å². The molecule has 1 saturated heterocycles. The molecule has 0 saturated carbocycles. The van der Waals surface area contributed by atoms with Crippen LogP contribution >= 0.6 is 0 Å². The molecule has 0 unspecified atom stereocenters. The summed E-state index contributed by atoms with van der Waals surface area (Å²) < 4.78 is 5.84. The summed E-state index contributed by atoms with van der Waals surface area (Å²) in [7, 11) is 0. The van der Waals surface area contributed by atoms with Gasteiger partial charge in [-0.1, -0.05) is 31.2 Å². The molecule has 1 heterocycles. The molecule has 0 aromatic heterocycles. The van der Waals surface area contributed by atoms with Gasteiger partial charge in [-0.15, -0.1) is 0 Å². The lowest BCUT2D eigenvalue weighted by Crippen LogP contribution is -2.31. The molecule has 2 aromatic carbocycles. The van der Waals surface area contributed by atoms with Gasteiger partial charge in [0.15, 0.2) is 0 Å². The maximum atomic E-state index is 12.8. The van der Waals surface area contributed by atoms with E-state index in [0.717, 1.165) is 11.3 Å². The van der Waals surface area contributed by atoms with Crippen molar-refractivity contribution in [1.29, 1.82) is 0 Å². The molecule has 1 aliphatic heterocycles. The number of aryl methyl sites for hydroxylation is 1. The molecule has 0 radical (unpaired) electrons. The zero-order chi connectivity index (χ0) is 18.3. The first-order chi connectivity index (χ1) is 12.5. The molecule has 132 valence electrons. The molecule has 0 spiro atoms. The van der Waals surface area contributed by atoms with Crippen molar-refractivity contribution in [2.24, 2.45) is 17.8 Å². The minimum Gasteiger partial charge on any atom is -0.457 e. The Balaban J connectivity index is 1.55. The quantitative estimate of drug-likeness (QED) is 0.607. The van der Waals surface area contributed by atoms with E-state index in [2.05, 4.69) is 0 Å². The predicted octanol–water partition coefficient (Wildman–Crippen LogP) is 4.49. The molecule has 2 aliphatic rings. The maximum Gasteiger partial charge on any atom is 0.238 e. The van der Waals surface area contributed by atoms with E-state index < -0.39 is 0 Å². The van der Waals surface area contributed by atoms with Crippen LogP contribution in [0.1, 0.15) is 18.9 Å². The third-order valence-corrected chi connectivity index (χ3v) is 5.19. The minimum atomic E-state index is -0.240. The Morgan fingerprint density at radius 2 is 1.77 bits per heavy atom. The summed E-state index contributed by atoms with van der Waals surface area (Å²) in [5.41, 5.74) is 1.73. The molecule has 4 nitrogen and oxygen atoms in total. The molecule has 1 fully saturated rings. The molecule has 4 rings (SSSR count). The molecule has 26 heavy (non-hydrogen) atoms. The average molecular weight is 347 g/mol. The van der Waals surface area contributed by atoms with E-state index in [0.29, 0.717) is 17.9 Å². The zero-order valence-electron chi connectivity index (χ0n) is 14.9. The van der Waals surface area contributed by atoms with Crippen LogP contribution in [0, 0.1) is 24.7 Å². The van der Waals surface area contributed by atoms with Crippen LogP contribution in [-0.4, -0.2) is 11.8 Å². The highest BCUT2D eigenvalue weighted by Crippen LogP contribution is 2.40. The van der Waals surface area contributed by atoms with E-state index in [-0.39, 0.29) is 29.6 Å². The summed E-state index contributed by atoms with van der Waals surface area (Å²) in [4.78, 5) is 26.9. The number of rotatable bonds is 3. The average Bonchev–Trinajstić information content (AvgIpc) is 2.88. The highest BCUT2D eigenvalue weighted by atomic mass is 16.5. The lowest BCUT2D eigenvalue weighted by molar-refractivity contribution is -0.122. The van der Waals surface area contributed by atoms with E-state index in [4.69, 9.17) is 4.74 Å². The Hall–Kier alpha value is -2.88. The topological polar surface area (TPSA) is 46.6 Å². The Bertz CT molecular complexity index is 885. The van der Waals surface area contributed by atoms with Crippen LogP contribution in [0.25, 0.3) is 0 Å². The third-order valence-electron chi connectivity index (χ3n) is 5.19. The molecule has 0 N–H and O–H groups in total. The van der Waals surface area contributed by atoms with Gasteiger partial charge in [0.1, 0.15) is 11.5 Å². The molecule has 3 atom stereocenters. The lowest BCUT2D eigenvalue weighted by atomic mass is 9.78. The fourth-order valence-corrected chi connectivity index (χ4v) is 3.88. The third kappa shape index (κ3) is 2.81. The molecular weight excluding hydrogens is 326 g/mol. The first-order valence-corrected chi connectivity index (χ1v) is 8.93. The number of fused-ring (bicyclic) bond motifs is 1. The Morgan fingerprint density at radius 3 is 2.46 bits per heavy atom. The molecule has 4 heteroatoms. The highest BCUT2D eigenvalue weighted by Gasteiger charge is 2.50. The van der Waals surface area contributed by atoms with E-state index >= 15 is 0 Å². The summed E-state index contributed by atoms with van der Waals surface area (Å²) in [6.07, 6.45) is 4.69. The van der Waals surface area contributed by atoms with Crippen molar-refractivity contribution in [2.75, 3.05) is 4.90 Å². The molecule has 2 aromatic rings. The van der Waals surface area contributed by atoms with Crippen LogP contribution in [0.15, 0.2) is 60.7 Å². The van der Waals surface area contributed by atoms with Crippen LogP contribution in [0.2, 0.25) is 0 Å². The van der Waals surface area contributed by atoms with Crippen LogP contribution < -0.4 is 9.64 Å². The second-order valence-corrected chi connectivity index (χ2v) is 7.08. The van der Waals surface area contributed by atoms with Crippen LogP contribution in [-0.2, 0) is 9.59 Å². The van der Waals surface area contributed by atoms with E-state index in [9.17, 15) is 9.59 Å². The van der Waals surface area contributed by atoms with E-state index in [1.165, 1.54) is 4.90 Å². The number of anilines is 1. The van der Waals surface area contributed by atoms with Crippen molar-refractivity contribution in [3.63, 3.8) is 0 Å². The van der Waals surface area contributed by atoms with Gasteiger partial charge >= 0.3 is 0 Å². The Labute approximate surface area is 153 Å². The number of benzene rings is 2. The lowest BCUT2D eigenvalue weighted by Gasteiger charge is -2.22. The Morgan fingerprint density at radius 1 is 1.00 bits per heavy atom. The predicted molar refractivity (Wildman–Crippen MR) is 100 cm³/mol. The monoisotopic (exact) mass is 347 g/mol. The van der Waals surface area contributed by atoms with Gasteiger partial charge in [-0.2, -0.15) is 0 Å². The number of hydrogen-bond acceptors (Lipinski definition) is 3. The second kappa shape index (κ2) is 6.45. The van der Waals surface area contributed by atoms with Gasteiger partial charge < -0.3 is 4.74 Å². The summed E-state index contributed by atoms with van der Waals surface area (Å²) in [5, 5.41) is 0. The number of allylic oxidation sites excluding steroid dienone is 2. The van der Waals surface area contributed by atoms with Gasteiger partial charge in [-0.05, 0) is 61.2 Å². The van der Waals surface area contributed by atoms with Gasteiger partial charge in [0.25, 0.3) is 0 Å². The second-order valence-electron chi connectivity index (χ2n) is 7.08. The Kier molecular flexibility index (Phi) is 4.11. The standard InChI is InChI=1S/C22H21NO3/c1-14-5-3-7-18(13-14)26-17-11-9-16(10-12-17)23-21(24)19-8-4-6-15(2)20(19)22(23)25/h3-7,9-13,15,19-20H,8H2,1-2H3/t15-,19-,20+/m0/s1. The minimum absolute atomic E-state index is 0.0933. The summed E-state index contributed by atoms with van der Waals surface area (Å²) in [5.74, 6) is 0.871. The number of ether oxygens (including phenoxy) is 1. The largest absolute Gasteiger partial charge is 0.457 e. The van der Waals surface area contributed by atoms with Crippen molar-refractivity contribution in [3.05, 3.63) is 66.2 Å². The molecule has 2 amide bonds. The van der Waals surface area contributed by atoms with Gasteiger partial charge in [0, 0.05) is 0 Å². The van der Waals surface area contributed by atoms with Gasteiger partial charge in [0.05, 0.1) is 17.5 Å². The first kappa shape index (κ1) is 16.6. The van der Waals surface area contributed by atoms with Crippen molar-refractivity contribution in [3.8, 4) is 11.5 Å². The summed E-state index contributed by atoms with van der Waals surface area (Å²) in [6, 6.07) is 14.9. The fourth-order valence-electron chi connectivity index (χ4n) is 3.88. The zero-order valence-corrected chi connectivity index (χ0v) is 14.9. The number of carbonyl (C=O) groups is 2. The molecule has 1 aliphatic carbocycles. The van der Waals surface area contributed by atoms with Gasteiger partial charge in [-0.25, -0.2) is 0 Å². The number of amides is 2. The van der Waals surface area contributed by atoms with Crippen LogP contribution in [0.4, 0.5) is 5.69 Å². The van der Waals surface area contributed by atoms with Crippen LogP contribution in [0.3, 0.4) is 0 Å². The highest BCUT2D eigenvalue weighted by molar-refractivity contribution is 6.22. The number of carbonyl (C=O) groups excluding carboxylic acids is 2. The first-order valence-electron chi connectivity index (χ1n) is 8.93. The molecule has 0 bridgehead atoms. The SMILES string of the molecule is Cc1cccc(Oc2ccc(N3C(=O)[C@H]4[C@H](CC=C[C@@H]4C)C3=O)cc2)c1. The van der Waals surface area contributed by atoms with Crippen molar-refractivity contribution < 1.29 is 14.3 Å². The van der Waals surface area contributed by atoms with Crippen LogP contribution in [0.5, 0.6) is 11.5 Å². The van der Waals surface area contributed by atoms with Crippen molar-refractivity contribution in [2.45, 2.75) is 20.3 Å². The smallest absolute Gasteiger partial charge is 0.238 e. The van der Waals surface area contributed by atoms with E-state index in [1.54, 1.807) is 24.3 Å². The summed E-state index contributed by atoms with van der Waals surface area (Å²) in [6.45, 7) is 4.01. The van der Waals surface area contributed by atoms with Gasteiger partial charge in [-0.3, -0.25) is 14.5 Å². The van der Waals surface area contributed by atoms with Crippen molar-refractivity contribution >= 4 is 17.5 Å². The number of hydrogen-bond donors (Lipinski definition) is 0. The normalized spacial score (nSPS) is 24.7. The van der Waals surface area contributed by atoms with Crippen molar-refractivity contribution in [1.82, 2.24) is 0 Å². The van der Waals surface area contributed by atoms with Gasteiger partial charge in [0.2, 0.25) is 11.8 Å². The maximum absolute atomic E-state index is 12.8. The number of imide groups is 1.